The third-order valence-electron chi connectivity index (χ3n) is 3.73. The van der Waals surface area contributed by atoms with Gasteiger partial charge in [0.1, 0.15) is 29.2 Å². The number of para-hydroxylation sites is 2. The molecule has 2 aromatic rings. The van der Waals surface area contributed by atoms with E-state index in [1.807, 2.05) is 0 Å². The minimum atomic E-state index is -1.31. The summed E-state index contributed by atoms with van der Waals surface area (Å²) in [5.41, 5.74) is 0.337. The number of hydrogen-bond acceptors (Lipinski definition) is 9. The summed E-state index contributed by atoms with van der Waals surface area (Å²) in [4.78, 5) is 44.4. The van der Waals surface area contributed by atoms with Crippen LogP contribution < -0.4 is 9.47 Å². The summed E-state index contributed by atoms with van der Waals surface area (Å²) in [7, 11) is 0. The van der Waals surface area contributed by atoms with E-state index in [2.05, 4.69) is 0 Å². The molecular weight excluding hydrogens is 408 g/mol. The fourth-order valence-electron chi connectivity index (χ4n) is 2.40. The van der Waals surface area contributed by atoms with Gasteiger partial charge in [0, 0.05) is 6.61 Å². The van der Waals surface area contributed by atoms with Gasteiger partial charge in [0.2, 0.25) is 0 Å². The van der Waals surface area contributed by atoms with Crippen LogP contribution >= 0.6 is 0 Å². The average Bonchev–Trinajstić information content (AvgIpc) is 2.79. The molecule has 0 radical (unpaired) electrons. The minimum absolute atomic E-state index is 0.155. The fourth-order valence-corrected chi connectivity index (χ4v) is 2.40. The zero-order valence-electron chi connectivity index (χ0n) is 17.7. The summed E-state index contributed by atoms with van der Waals surface area (Å²) in [5.74, 6) is -0.913. The van der Waals surface area contributed by atoms with E-state index in [1.54, 1.807) is 57.2 Å². The molecule has 168 valence electrons. The topological polar surface area (TPSA) is 98.8 Å². The number of rotatable bonds is 13. The van der Waals surface area contributed by atoms with Crippen molar-refractivity contribution in [1.82, 2.24) is 0 Å². The van der Waals surface area contributed by atoms with Crippen molar-refractivity contribution in [3.05, 3.63) is 59.7 Å². The number of benzene rings is 2. The van der Waals surface area contributed by atoms with E-state index in [9.17, 15) is 9.59 Å². The Kier molecular flexibility index (Phi) is 10.3. The molecule has 0 saturated heterocycles. The molecule has 0 aromatic heterocycles. The van der Waals surface area contributed by atoms with Crippen molar-refractivity contribution in [3.63, 3.8) is 0 Å². The molecule has 0 aliphatic rings. The quantitative estimate of drug-likeness (QED) is 0.265. The van der Waals surface area contributed by atoms with Crippen molar-refractivity contribution in [2.75, 3.05) is 26.4 Å². The lowest BCUT2D eigenvalue weighted by Gasteiger charge is -2.16. The van der Waals surface area contributed by atoms with Crippen LogP contribution in [0.1, 0.15) is 41.5 Å². The zero-order chi connectivity index (χ0) is 22.5. The molecule has 0 aliphatic carbocycles. The van der Waals surface area contributed by atoms with Crippen LogP contribution in [-0.2, 0) is 24.3 Å². The molecule has 9 nitrogen and oxygen atoms in total. The van der Waals surface area contributed by atoms with Crippen LogP contribution in [0.2, 0.25) is 0 Å². The maximum Gasteiger partial charge on any atom is 0.376 e. The molecule has 0 amide bonds. The third-order valence-corrected chi connectivity index (χ3v) is 3.73. The first-order valence-corrected chi connectivity index (χ1v) is 9.87. The molecule has 0 saturated carbocycles. The number of hydrogen-bond donors (Lipinski definition) is 0. The highest BCUT2D eigenvalue weighted by atomic mass is 17.3. The highest BCUT2D eigenvalue weighted by molar-refractivity contribution is 5.92. The van der Waals surface area contributed by atoms with Gasteiger partial charge < -0.3 is 14.2 Å². The van der Waals surface area contributed by atoms with Gasteiger partial charge in [-0.05, 0) is 45.0 Å². The van der Waals surface area contributed by atoms with E-state index < -0.39 is 18.2 Å². The molecule has 2 aromatic carbocycles. The van der Waals surface area contributed by atoms with E-state index >= 15 is 0 Å². The second kappa shape index (κ2) is 13.2. The van der Waals surface area contributed by atoms with Gasteiger partial charge >= 0.3 is 11.9 Å². The normalized spacial score (nSPS) is 10.6. The van der Waals surface area contributed by atoms with Gasteiger partial charge in [-0.3, -0.25) is 9.78 Å². The predicted molar refractivity (Wildman–Crippen MR) is 109 cm³/mol. The van der Waals surface area contributed by atoms with E-state index in [0.717, 1.165) is 0 Å². The molecule has 0 heterocycles. The van der Waals surface area contributed by atoms with Crippen molar-refractivity contribution in [1.29, 1.82) is 0 Å². The summed E-state index contributed by atoms with van der Waals surface area (Å²) in [5, 5.41) is 0. The summed E-state index contributed by atoms with van der Waals surface area (Å²) < 4.78 is 16.0. The van der Waals surface area contributed by atoms with Crippen molar-refractivity contribution >= 4 is 11.9 Å². The van der Waals surface area contributed by atoms with Crippen LogP contribution in [0.15, 0.2) is 48.5 Å². The third kappa shape index (κ3) is 7.56. The summed E-state index contributed by atoms with van der Waals surface area (Å²) in [6, 6.07) is 13.1. The second-order valence-corrected chi connectivity index (χ2v) is 5.88. The summed E-state index contributed by atoms with van der Waals surface area (Å²) in [6.45, 7) is 6.28. The first kappa shape index (κ1) is 24.1. The van der Waals surface area contributed by atoms with Crippen LogP contribution in [0.5, 0.6) is 11.5 Å². The Balaban J connectivity index is 1.98. The second-order valence-electron chi connectivity index (χ2n) is 5.88. The Morgan fingerprint density at radius 3 is 1.58 bits per heavy atom. The van der Waals surface area contributed by atoms with Crippen molar-refractivity contribution in [2.45, 2.75) is 27.1 Å². The molecular formula is C22H26O9. The van der Waals surface area contributed by atoms with E-state index in [1.165, 1.54) is 12.1 Å². The standard InChI is InChI=1S/C22H26O9/c1-4-25-15-20(28-30-21(23)16-11-7-9-13-18(16)26-5-2)29-31-22(24)17-12-8-10-14-19(17)27-6-3/h7-14,20H,4-6,15H2,1-3H3. The van der Waals surface area contributed by atoms with Crippen molar-refractivity contribution in [2.24, 2.45) is 0 Å². The molecule has 0 spiro atoms. The van der Waals surface area contributed by atoms with Crippen LogP contribution in [0, 0.1) is 0 Å². The van der Waals surface area contributed by atoms with Gasteiger partial charge in [-0.2, -0.15) is 0 Å². The van der Waals surface area contributed by atoms with Gasteiger partial charge in [0.25, 0.3) is 6.29 Å². The Morgan fingerprint density at radius 2 is 1.16 bits per heavy atom. The van der Waals surface area contributed by atoms with Crippen LogP contribution in [0.25, 0.3) is 0 Å². The van der Waals surface area contributed by atoms with E-state index in [4.69, 9.17) is 33.8 Å². The minimum Gasteiger partial charge on any atom is -0.493 e. The highest BCUT2D eigenvalue weighted by Gasteiger charge is 2.22. The maximum atomic E-state index is 12.3. The van der Waals surface area contributed by atoms with Crippen molar-refractivity contribution in [3.8, 4) is 11.5 Å². The Labute approximate surface area is 180 Å². The first-order valence-electron chi connectivity index (χ1n) is 9.87. The molecule has 0 atom stereocenters. The van der Waals surface area contributed by atoms with Gasteiger partial charge in [-0.25, -0.2) is 9.59 Å². The molecule has 0 fully saturated rings. The smallest absolute Gasteiger partial charge is 0.376 e. The Bertz CT molecular complexity index is 772. The lowest BCUT2D eigenvalue weighted by molar-refractivity contribution is -0.426. The Morgan fingerprint density at radius 1 is 0.710 bits per heavy atom. The van der Waals surface area contributed by atoms with Crippen molar-refractivity contribution < 1.29 is 43.3 Å². The van der Waals surface area contributed by atoms with E-state index in [0.29, 0.717) is 31.3 Å². The monoisotopic (exact) mass is 434 g/mol. The molecule has 0 N–H and O–H groups in total. The number of carbonyl (C=O) groups is 2. The van der Waals surface area contributed by atoms with Gasteiger partial charge in [0.05, 0.1) is 13.2 Å². The summed E-state index contributed by atoms with van der Waals surface area (Å²) >= 11 is 0. The first-order chi connectivity index (χ1) is 15.1. The van der Waals surface area contributed by atoms with Gasteiger partial charge in [-0.15, -0.1) is 9.78 Å². The largest absolute Gasteiger partial charge is 0.493 e. The molecule has 0 aliphatic heterocycles. The van der Waals surface area contributed by atoms with Crippen LogP contribution in [-0.4, -0.2) is 44.7 Å². The molecule has 31 heavy (non-hydrogen) atoms. The average molecular weight is 434 g/mol. The van der Waals surface area contributed by atoms with Gasteiger partial charge in [0.15, 0.2) is 0 Å². The van der Waals surface area contributed by atoms with Crippen LogP contribution in [0.4, 0.5) is 0 Å². The maximum absolute atomic E-state index is 12.3. The number of carbonyl (C=O) groups excluding carboxylic acids is 2. The molecule has 2 rings (SSSR count). The lowest BCUT2D eigenvalue weighted by atomic mass is 10.2. The summed E-state index contributed by atoms with van der Waals surface area (Å²) in [6.07, 6.45) is -1.31. The lowest BCUT2D eigenvalue weighted by Crippen LogP contribution is -2.27. The SMILES string of the molecule is CCOCC(OOC(=O)c1ccccc1OCC)OOC(=O)c1ccccc1OCC. The van der Waals surface area contributed by atoms with Crippen LogP contribution in [0.3, 0.4) is 0 Å². The van der Waals surface area contributed by atoms with E-state index in [-0.39, 0.29) is 17.7 Å². The number of ether oxygens (including phenoxy) is 3. The molecule has 0 unspecified atom stereocenters. The molecule has 9 heteroatoms. The predicted octanol–water partition coefficient (Wildman–Crippen LogP) is 3.72. The fraction of sp³-hybridized carbons (Fsp3) is 0.364. The molecule has 0 bridgehead atoms. The van der Waals surface area contributed by atoms with Gasteiger partial charge in [-0.1, -0.05) is 24.3 Å². The zero-order valence-corrected chi connectivity index (χ0v) is 17.7. The Hall–Kier alpha value is -3.14. The highest BCUT2D eigenvalue weighted by Crippen LogP contribution is 2.21.